The van der Waals surface area contributed by atoms with Gasteiger partial charge in [0.1, 0.15) is 5.54 Å². The van der Waals surface area contributed by atoms with Crippen molar-refractivity contribution < 1.29 is 4.79 Å². The van der Waals surface area contributed by atoms with E-state index in [2.05, 4.69) is 31.1 Å². The number of carbonyl (C=O) groups excluding carboxylic acids is 1. The van der Waals surface area contributed by atoms with E-state index in [-0.39, 0.29) is 5.91 Å². The van der Waals surface area contributed by atoms with Crippen LogP contribution in [0.1, 0.15) is 46.5 Å². The molecule has 2 unspecified atom stereocenters. The Kier molecular flexibility index (Phi) is 6.27. The number of nitrogens with one attached hydrogen (secondary N) is 1. The second-order valence-corrected chi connectivity index (χ2v) is 6.40. The summed E-state index contributed by atoms with van der Waals surface area (Å²) < 4.78 is 0. The molecule has 0 bridgehead atoms. The Bertz CT molecular complexity index is 293. The molecule has 4 heteroatoms. The molecule has 0 aliphatic heterocycles. The molecule has 1 rings (SSSR count). The van der Waals surface area contributed by atoms with E-state index in [9.17, 15) is 4.79 Å². The van der Waals surface area contributed by atoms with Crippen LogP contribution in [0.25, 0.3) is 0 Å². The summed E-state index contributed by atoms with van der Waals surface area (Å²) in [5.41, 5.74) is 5.23. The lowest BCUT2D eigenvalue weighted by Gasteiger charge is -2.34. The van der Waals surface area contributed by atoms with Gasteiger partial charge in [0.2, 0.25) is 5.91 Å². The van der Waals surface area contributed by atoms with E-state index in [4.69, 9.17) is 5.73 Å². The molecule has 2 atom stereocenters. The van der Waals surface area contributed by atoms with Gasteiger partial charge in [0.25, 0.3) is 0 Å². The number of carbonyl (C=O) groups is 1. The van der Waals surface area contributed by atoms with E-state index in [1.807, 2.05) is 6.92 Å². The van der Waals surface area contributed by atoms with Crippen LogP contribution in [-0.4, -0.2) is 43.0 Å². The van der Waals surface area contributed by atoms with Crippen molar-refractivity contribution in [2.45, 2.75) is 52.0 Å². The van der Waals surface area contributed by atoms with Crippen LogP contribution < -0.4 is 11.1 Å². The fourth-order valence-electron chi connectivity index (χ4n) is 3.52. The van der Waals surface area contributed by atoms with Crippen molar-refractivity contribution in [3.05, 3.63) is 0 Å². The first-order chi connectivity index (χ1) is 8.92. The molecule has 0 aromatic rings. The standard InChI is InChI=1S/C15H31N3O/c1-5-17-15(14(16)19)9-6-7-13(15)8-10-18(4)11-12(2)3/h12-13,17H,5-11H2,1-4H3,(H2,16,19). The lowest BCUT2D eigenvalue weighted by atomic mass is 9.83. The second-order valence-electron chi connectivity index (χ2n) is 6.40. The number of nitrogens with zero attached hydrogens (tertiary/aromatic N) is 1. The van der Waals surface area contributed by atoms with Gasteiger partial charge in [0.15, 0.2) is 0 Å². The Morgan fingerprint density at radius 2 is 2.21 bits per heavy atom. The molecule has 1 saturated carbocycles. The average Bonchev–Trinajstić information content (AvgIpc) is 2.70. The molecule has 0 saturated heterocycles. The van der Waals surface area contributed by atoms with Crippen LogP contribution in [0.2, 0.25) is 0 Å². The minimum Gasteiger partial charge on any atom is -0.368 e. The summed E-state index contributed by atoms with van der Waals surface area (Å²) in [6, 6.07) is 0. The third kappa shape index (κ3) is 4.18. The second kappa shape index (κ2) is 7.25. The number of hydrogen-bond acceptors (Lipinski definition) is 3. The van der Waals surface area contributed by atoms with Crippen LogP contribution in [0.5, 0.6) is 0 Å². The first kappa shape index (κ1) is 16.4. The van der Waals surface area contributed by atoms with Gasteiger partial charge in [0.05, 0.1) is 0 Å². The van der Waals surface area contributed by atoms with Gasteiger partial charge in [-0.3, -0.25) is 4.79 Å². The molecule has 0 aromatic heterocycles. The lowest BCUT2D eigenvalue weighted by Crippen LogP contribution is -2.58. The van der Waals surface area contributed by atoms with E-state index in [0.29, 0.717) is 11.8 Å². The summed E-state index contributed by atoms with van der Waals surface area (Å²) in [6.45, 7) is 9.48. The summed E-state index contributed by atoms with van der Waals surface area (Å²) in [5.74, 6) is 0.908. The Balaban J connectivity index is 2.57. The fraction of sp³-hybridized carbons (Fsp3) is 0.933. The van der Waals surface area contributed by atoms with Crippen molar-refractivity contribution >= 4 is 5.91 Å². The van der Waals surface area contributed by atoms with E-state index >= 15 is 0 Å². The quantitative estimate of drug-likeness (QED) is 0.703. The van der Waals surface area contributed by atoms with E-state index in [0.717, 1.165) is 45.3 Å². The molecule has 1 amide bonds. The molecular formula is C15H31N3O. The third-order valence-electron chi connectivity index (χ3n) is 4.29. The highest BCUT2D eigenvalue weighted by Crippen LogP contribution is 2.37. The summed E-state index contributed by atoms with van der Waals surface area (Å²) in [6.07, 6.45) is 4.17. The van der Waals surface area contributed by atoms with Gasteiger partial charge in [-0.25, -0.2) is 0 Å². The van der Waals surface area contributed by atoms with Crippen LogP contribution >= 0.6 is 0 Å². The number of primary amides is 1. The Labute approximate surface area is 118 Å². The first-order valence-corrected chi connectivity index (χ1v) is 7.65. The van der Waals surface area contributed by atoms with Gasteiger partial charge in [-0.15, -0.1) is 0 Å². The number of hydrogen-bond donors (Lipinski definition) is 2. The van der Waals surface area contributed by atoms with E-state index < -0.39 is 5.54 Å². The van der Waals surface area contributed by atoms with Crippen molar-refractivity contribution in [1.82, 2.24) is 10.2 Å². The van der Waals surface area contributed by atoms with Gasteiger partial charge in [-0.1, -0.05) is 27.2 Å². The molecule has 1 aliphatic carbocycles. The number of nitrogens with two attached hydrogens (primary N) is 1. The predicted octanol–water partition coefficient (Wildman–Crippen LogP) is 1.60. The molecule has 0 radical (unpaired) electrons. The summed E-state index contributed by atoms with van der Waals surface area (Å²) in [7, 11) is 2.16. The van der Waals surface area contributed by atoms with Crippen LogP contribution in [0, 0.1) is 11.8 Å². The molecule has 3 N–H and O–H groups in total. The zero-order valence-corrected chi connectivity index (χ0v) is 13.0. The number of likely N-dealkylation sites (N-methyl/N-ethyl adjacent to an activating group) is 1. The van der Waals surface area contributed by atoms with Gasteiger partial charge in [-0.2, -0.15) is 0 Å². The highest BCUT2D eigenvalue weighted by atomic mass is 16.1. The van der Waals surface area contributed by atoms with E-state index in [1.165, 1.54) is 0 Å². The highest BCUT2D eigenvalue weighted by Gasteiger charge is 2.46. The Morgan fingerprint density at radius 3 is 2.74 bits per heavy atom. The normalized spacial score (nSPS) is 27.4. The molecule has 4 nitrogen and oxygen atoms in total. The molecule has 0 heterocycles. The third-order valence-corrected chi connectivity index (χ3v) is 4.29. The molecule has 1 aliphatic rings. The number of rotatable bonds is 8. The molecular weight excluding hydrogens is 238 g/mol. The summed E-state index contributed by atoms with van der Waals surface area (Å²) in [5, 5.41) is 3.38. The number of amides is 1. The zero-order chi connectivity index (χ0) is 14.5. The van der Waals surface area contributed by atoms with Gasteiger partial charge < -0.3 is 16.0 Å². The largest absolute Gasteiger partial charge is 0.368 e. The van der Waals surface area contributed by atoms with E-state index in [1.54, 1.807) is 0 Å². The Hall–Kier alpha value is -0.610. The van der Waals surface area contributed by atoms with Crippen molar-refractivity contribution in [1.29, 1.82) is 0 Å². The SMILES string of the molecule is CCNC1(C(N)=O)CCCC1CCN(C)CC(C)C. The van der Waals surface area contributed by atoms with Gasteiger partial charge in [-0.05, 0) is 51.2 Å². The van der Waals surface area contributed by atoms with Crippen molar-refractivity contribution in [3.63, 3.8) is 0 Å². The van der Waals surface area contributed by atoms with Crippen molar-refractivity contribution in [2.75, 3.05) is 26.7 Å². The topological polar surface area (TPSA) is 58.4 Å². The Morgan fingerprint density at radius 1 is 1.53 bits per heavy atom. The summed E-state index contributed by atoms with van der Waals surface area (Å²) >= 11 is 0. The molecule has 0 aromatic carbocycles. The summed E-state index contributed by atoms with van der Waals surface area (Å²) in [4.78, 5) is 14.3. The molecule has 0 spiro atoms. The van der Waals surface area contributed by atoms with Crippen LogP contribution in [0.4, 0.5) is 0 Å². The van der Waals surface area contributed by atoms with Crippen LogP contribution in [0.3, 0.4) is 0 Å². The molecule has 1 fully saturated rings. The fourth-order valence-corrected chi connectivity index (χ4v) is 3.52. The monoisotopic (exact) mass is 269 g/mol. The highest BCUT2D eigenvalue weighted by molar-refractivity contribution is 5.85. The maximum absolute atomic E-state index is 11.9. The van der Waals surface area contributed by atoms with Crippen molar-refractivity contribution in [2.24, 2.45) is 17.6 Å². The smallest absolute Gasteiger partial charge is 0.238 e. The first-order valence-electron chi connectivity index (χ1n) is 7.65. The molecule has 19 heavy (non-hydrogen) atoms. The maximum Gasteiger partial charge on any atom is 0.238 e. The molecule has 112 valence electrons. The maximum atomic E-state index is 11.9. The lowest BCUT2D eigenvalue weighted by molar-refractivity contribution is -0.126. The zero-order valence-electron chi connectivity index (χ0n) is 13.0. The minimum absolute atomic E-state index is 0.164. The minimum atomic E-state index is -0.451. The predicted molar refractivity (Wildman–Crippen MR) is 79.9 cm³/mol. The average molecular weight is 269 g/mol. The van der Waals surface area contributed by atoms with Crippen molar-refractivity contribution in [3.8, 4) is 0 Å². The van der Waals surface area contributed by atoms with Crippen LogP contribution in [0.15, 0.2) is 0 Å². The van der Waals surface area contributed by atoms with Crippen LogP contribution in [-0.2, 0) is 4.79 Å². The van der Waals surface area contributed by atoms with Gasteiger partial charge >= 0.3 is 0 Å². The van der Waals surface area contributed by atoms with Gasteiger partial charge in [0, 0.05) is 6.54 Å².